The second kappa shape index (κ2) is 4.85. The number of likely N-dealkylation sites (tertiary alicyclic amines) is 1. The Morgan fingerprint density at radius 1 is 1.69 bits per heavy atom. The molecule has 1 saturated heterocycles. The highest BCUT2D eigenvalue weighted by Gasteiger charge is 2.28. The summed E-state index contributed by atoms with van der Waals surface area (Å²) < 4.78 is 0.884. The Hall–Kier alpha value is -0.390. The minimum atomic E-state index is 0.101. The summed E-state index contributed by atoms with van der Waals surface area (Å²) in [7, 11) is 0. The second-order valence-corrected chi connectivity index (χ2v) is 6.05. The average Bonchev–Trinajstić information content (AvgIpc) is 2.67. The van der Waals surface area contributed by atoms with E-state index in [0.717, 1.165) is 22.3 Å². The lowest BCUT2D eigenvalue weighted by molar-refractivity contribution is 0.0676. The molecule has 2 unspecified atom stereocenters. The van der Waals surface area contributed by atoms with Gasteiger partial charge >= 0.3 is 0 Å². The summed E-state index contributed by atoms with van der Waals surface area (Å²) in [5.74, 6) is 0.611. The molecule has 5 heteroatoms. The van der Waals surface area contributed by atoms with Gasteiger partial charge in [-0.2, -0.15) is 0 Å². The fraction of sp³-hybridized carbons (Fsp3) is 0.545. The van der Waals surface area contributed by atoms with Gasteiger partial charge in [0.05, 0.1) is 0 Å². The molecule has 0 aliphatic carbocycles. The molecule has 1 amide bonds. The first kappa shape index (κ1) is 12.1. The van der Waals surface area contributed by atoms with Gasteiger partial charge in [-0.1, -0.05) is 6.92 Å². The molecule has 1 aliphatic heterocycles. The molecule has 2 atom stereocenters. The number of carbonyl (C=O) groups excluding carboxylic acids is 1. The molecule has 88 valence electrons. The third-order valence-corrected chi connectivity index (χ3v) is 4.94. The van der Waals surface area contributed by atoms with E-state index < -0.39 is 0 Å². The van der Waals surface area contributed by atoms with Crippen LogP contribution in [0.5, 0.6) is 0 Å². The summed E-state index contributed by atoms with van der Waals surface area (Å²) in [5, 5.41) is 1.92. The van der Waals surface area contributed by atoms with Gasteiger partial charge in [0.2, 0.25) is 0 Å². The number of carbonyl (C=O) groups is 1. The van der Waals surface area contributed by atoms with Gasteiger partial charge in [0.25, 0.3) is 5.91 Å². The smallest absolute Gasteiger partial charge is 0.265 e. The van der Waals surface area contributed by atoms with Crippen LogP contribution in [-0.2, 0) is 0 Å². The second-order valence-electron chi connectivity index (χ2n) is 4.28. The molecule has 3 nitrogen and oxygen atoms in total. The predicted molar refractivity (Wildman–Crippen MR) is 69.7 cm³/mol. The van der Waals surface area contributed by atoms with Gasteiger partial charge < -0.3 is 10.6 Å². The van der Waals surface area contributed by atoms with Gasteiger partial charge in [-0.3, -0.25) is 4.79 Å². The van der Waals surface area contributed by atoms with E-state index in [0.29, 0.717) is 12.5 Å². The Balaban J connectivity index is 2.09. The van der Waals surface area contributed by atoms with Crippen LogP contribution in [0.3, 0.4) is 0 Å². The molecular weight excluding hydrogens is 288 g/mol. The number of halogens is 1. The van der Waals surface area contributed by atoms with Gasteiger partial charge in [0.15, 0.2) is 0 Å². The van der Waals surface area contributed by atoms with Crippen LogP contribution in [0.15, 0.2) is 15.9 Å². The van der Waals surface area contributed by atoms with E-state index in [1.807, 2.05) is 16.3 Å². The minimum Gasteiger partial charge on any atom is -0.336 e. The van der Waals surface area contributed by atoms with Crippen LogP contribution in [-0.4, -0.2) is 29.9 Å². The standard InChI is InChI=1S/C11H15BrN2OS/c1-7-2-4-14(6-9(7)13)11(15)10-8(12)3-5-16-10/h3,5,7,9H,2,4,6,13H2,1H3. The fourth-order valence-corrected chi connectivity index (χ4v) is 3.38. The summed E-state index contributed by atoms with van der Waals surface area (Å²) in [6.45, 7) is 3.63. The Kier molecular flexibility index (Phi) is 3.66. The number of thiophene rings is 1. The molecule has 1 fully saturated rings. The van der Waals surface area contributed by atoms with E-state index in [9.17, 15) is 4.79 Å². The van der Waals surface area contributed by atoms with Crippen LogP contribution in [0.2, 0.25) is 0 Å². The number of hydrogen-bond donors (Lipinski definition) is 1. The van der Waals surface area contributed by atoms with E-state index in [1.165, 1.54) is 11.3 Å². The number of nitrogens with zero attached hydrogens (tertiary/aromatic N) is 1. The van der Waals surface area contributed by atoms with Crippen molar-refractivity contribution in [2.75, 3.05) is 13.1 Å². The Morgan fingerprint density at radius 2 is 2.44 bits per heavy atom. The Morgan fingerprint density at radius 3 is 3.00 bits per heavy atom. The maximum Gasteiger partial charge on any atom is 0.265 e. The van der Waals surface area contributed by atoms with Crippen LogP contribution < -0.4 is 5.73 Å². The van der Waals surface area contributed by atoms with Crippen LogP contribution in [0.1, 0.15) is 23.0 Å². The van der Waals surface area contributed by atoms with Crippen molar-refractivity contribution in [3.05, 3.63) is 20.8 Å². The third-order valence-electron chi connectivity index (χ3n) is 3.12. The molecular formula is C11H15BrN2OS. The average molecular weight is 303 g/mol. The quantitative estimate of drug-likeness (QED) is 0.865. The number of rotatable bonds is 1. The maximum absolute atomic E-state index is 12.2. The molecule has 0 bridgehead atoms. The van der Waals surface area contributed by atoms with E-state index in [1.54, 1.807) is 0 Å². The number of piperidine rings is 1. The van der Waals surface area contributed by atoms with Crippen LogP contribution in [0.4, 0.5) is 0 Å². The summed E-state index contributed by atoms with van der Waals surface area (Å²) >= 11 is 4.87. The summed E-state index contributed by atoms with van der Waals surface area (Å²) in [6, 6.07) is 2.01. The van der Waals surface area contributed by atoms with Gasteiger partial charge in [-0.15, -0.1) is 11.3 Å². The predicted octanol–water partition coefficient (Wildman–Crippen LogP) is 2.32. The van der Waals surface area contributed by atoms with E-state index in [4.69, 9.17) is 5.73 Å². The SMILES string of the molecule is CC1CCN(C(=O)c2sccc2Br)CC1N. The highest BCUT2D eigenvalue weighted by molar-refractivity contribution is 9.10. The molecule has 0 spiro atoms. The summed E-state index contributed by atoms with van der Waals surface area (Å²) in [4.78, 5) is 14.8. The number of amides is 1. The van der Waals surface area contributed by atoms with Crippen molar-refractivity contribution in [2.45, 2.75) is 19.4 Å². The molecule has 2 rings (SSSR count). The third kappa shape index (κ3) is 2.31. The molecule has 16 heavy (non-hydrogen) atoms. The molecule has 1 aromatic heterocycles. The highest BCUT2D eigenvalue weighted by Crippen LogP contribution is 2.26. The normalized spacial score (nSPS) is 25.8. The van der Waals surface area contributed by atoms with Crippen LogP contribution in [0.25, 0.3) is 0 Å². The highest BCUT2D eigenvalue weighted by atomic mass is 79.9. The van der Waals surface area contributed by atoms with Crippen molar-refractivity contribution in [3.63, 3.8) is 0 Å². The zero-order chi connectivity index (χ0) is 11.7. The van der Waals surface area contributed by atoms with Crippen LogP contribution in [0, 0.1) is 5.92 Å². The number of hydrogen-bond acceptors (Lipinski definition) is 3. The van der Waals surface area contributed by atoms with Crippen molar-refractivity contribution in [2.24, 2.45) is 11.7 Å². The van der Waals surface area contributed by atoms with E-state index in [2.05, 4.69) is 22.9 Å². The van der Waals surface area contributed by atoms with Crippen molar-refractivity contribution >= 4 is 33.2 Å². The summed E-state index contributed by atoms with van der Waals surface area (Å²) in [6.07, 6.45) is 0.996. The number of nitrogens with two attached hydrogens (primary N) is 1. The zero-order valence-corrected chi connectivity index (χ0v) is 11.6. The first-order valence-electron chi connectivity index (χ1n) is 5.37. The van der Waals surface area contributed by atoms with Gasteiger partial charge in [-0.25, -0.2) is 0 Å². The topological polar surface area (TPSA) is 46.3 Å². The molecule has 2 heterocycles. The van der Waals surface area contributed by atoms with E-state index in [-0.39, 0.29) is 11.9 Å². The lowest BCUT2D eigenvalue weighted by atomic mass is 9.94. The zero-order valence-electron chi connectivity index (χ0n) is 9.15. The van der Waals surface area contributed by atoms with Crippen molar-refractivity contribution in [1.82, 2.24) is 4.90 Å². The maximum atomic E-state index is 12.2. The van der Waals surface area contributed by atoms with Gasteiger partial charge in [-0.05, 0) is 39.7 Å². The molecule has 2 N–H and O–H groups in total. The monoisotopic (exact) mass is 302 g/mol. The molecule has 0 radical (unpaired) electrons. The minimum absolute atomic E-state index is 0.101. The van der Waals surface area contributed by atoms with Crippen LogP contribution >= 0.6 is 27.3 Å². The van der Waals surface area contributed by atoms with Crippen molar-refractivity contribution in [3.8, 4) is 0 Å². The van der Waals surface area contributed by atoms with Gasteiger partial charge in [0.1, 0.15) is 4.88 Å². The lowest BCUT2D eigenvalue weighted by Crippen LogP contribution is -2.49. The Labute approximate surface area is 108 Å². The van der Waals surface area contributed by atoms with E-state index >= 15 is 0 Å². The van der Waals surface area contributed by atoms with Gasteiger partial charge in [0, 0.05) is 23.6 Å². The fourth-order valence-electron chi connectivity index (χ4n) is 1.87. The molecule has 1 aromatic rings. The lowest BCUT2D eigenvalue weighted by Gasteiger charge is -2.34. The molecule has 0 aromatic carbocycles. The molecule has 0 saturated carbocycles. The first-order chi connectivity index (χ1) is 7.59. The van der Waals surface area contributed by atoms with Crippen molar-refractivity contribution < 1.29 is 4.79 Å². The first-order valence-corrected chi connectivity index (χ1v) is 7.04. The van der Waals surface area contributed by atoms with Crippen molar-refractivity contribution in [1.29, 1.82) is 0 Å². The Bertz CT molecular complexity index is 393. The summed E-state index contributed by atoms with van der Waals surface area (Å²) in [5.41, 5.74) is 6.00. The molecule has 1 aliphatic rings. The largest absolute Gasteiger partial charge is 0.336 e.